The lowest BCUT2D eigenvalue weighted by Crippen LogP contribution is -2.69. The number of carbonyl (C=O) groups is 2. The Hall–Kier alpha value is -2.72. The van der Waals surface area contributed by atoms with Gasteiger partial charge >= 0.3 is 5.97 Å². The fourth-order valence-corrected chi connectivity index (χ4v) is 4.26. The first-order valence-electron chi connectivity index (χ1n) is 10.1. The number of phenols is 1. The Balaban J connectivity index is 1.83. The van der Waals surface area contributed by atoms with Crippen LogP contribution in [-0.4, -0.2) is 107 Å². The standard InChI is InChI=1S/C21H22O13/c22-5-11-16(27)13-10(14(25)9-3-7(24)1-2-8(9)15(13)26)4-20(11,31)34-21(32)19(30)18(29)17(28)12(6-23)33-21/h1-4,11-12,17-19,22-24,26,28-32H,5-6H2/t11?,12-,17-,18+,19-,20?,21+/m1/s1. The van der Waals surface area contributed by atoms with Crippen molar-refractivity contribution in [3.8, 4) is 5.75 Å². The molecule has 13 nitrogen and oxygen atoms in total. The number of hydrogen-bond donors (Lipinski definition) is 9. The highest BCUT2D eigenvalue weighted by Crippen LogP contribution is 2.45. The third-order valence-corrected chi connectivity index (χ3v) is 6.09. The molecule has 4 rings (SSSR count). The van der Waals surface area contributed by atoms with Gasteiger partial charge in [0, 0.05) is 16.7 Å². The van der Waals surface area contributed by atoms with E-state index in [-0.39, 0.29) is 16.9 Å². The van der Waals surface area contributed by atoms with E-state index in [0.29, 0.717) is 6.08 Å². The second-order valence-electron chi connectivity index (χ2n) is 8.19. The van der Waals surface area contributed by atoms with Crippen molar-refractivity contribution in [1.82, 2.24) is 0 Å². The van der Waals surface area contributed by atoms with Crippen LogP contribution >= 0.6 is 0 Å². The van der Waals surface area contributed by atoms with Gasteiger partial charge in [-0.2, -0.15) is 0 Å². The number of fused-ring (bicyclic) bond motifs is 2. The van der Waals surface area contributed by atoms with E-state index in [1.807, 2.05) is 0 Å². The summed E-state index contributed by atoms with van der Waals surface area (Å²) in [6.07, 6.45) is -7.53. The molecule has 13 heteroatoms. The van der Waals surface area contributed by atoms with Crippen LogP contribution < -0.4 is 0 Å². The molecule has 1 fully saturated rings. The molecular weight excluding hydrogens is 460 g/mol. The topological polar surface area (TPSA) is 235 Å². The first-order valence-corrected chi connectivity index (χ1v) is 10.1. The van der Waals surface area contributed by atoms with E-state index < -0.39 is 83.8 Å². The molecule has 184 valence electrons. The third kappa shape index (κ3) is 3.46. The molecule has 1 saturated heterocycles. The van der Waals surface area contributed by atoms with Crippen LogP contribution in [0, 0.1) is 5.92 Å². The summed E-state index contributed by atoms with van der Waals surface area (Å²) in [5.41, 5.74) is -1.46. The summed E-state index contributed by atoms with van der Waals surface area (Å²) in [6.45, 7) is -2.09. The molecule has 0 amide bonds. The highest BCUT2D eigenvalue weighted by Gasteiger charge is 2.60. The van der Waals surface area contributed by atoms with Crippen molar-refractivity contribution in [2.75, 3.05) is 13.2 Å². The SMILES string of the molecule is O=C1C2=CC(O)(O[C@@]3(O)O[C@H](CO)[C@@H](O)[C@H](O)[C@H]3O)C(CO)C(=O)C2=C(O)c2ccc(O)cc21. The number of rotatable bonds is 4. The number of carbonyl (C=O) groups excluding carboxylic acids is 2. The van der Waals surface area contributed by atoms with Gasteiger partial charge in [-0.3, -0.25) is 14.3 Å². The lowest BCUT2D eigenvalue weighted by Gasteiger charge is -2.48. The first kappa shape index (κ1) is 24.4. The predicted octanol–water partition coefficient (Wildman–Crippen LogP) is -3.20. The number of ketones is 2. The van der Waals surface area contributed by atoms with Crippen molar-refractivity contribution in [3.63, 3.8) is 0 Å². The molecular formula is C21H22O13. The maximum Gasteiger partial charge on any atom is 0.313 e. The number of aromatic hydroxyl groups is 1. The molecule has 3 aliphatic rings. The maximum atomic E-state index is 13.1. The molecule has 0 saturated carbocycles. The minimum atomic E-state index is -3.33. The molecule has 2 aliphatic carbocycles. The van der Waals surface area contributed by atoms with Crippen LogP contribution in [0.5, 0.6) is 5.75 Å². The monoisotopic (exact) mass is 482 g/mol. The molecule has 2 unspecified atom stereocenters. The summed E-state index contributed by atoms with van der Waals surface area (Å²) >= 11 is 0. The highest BCUT2D eigenvalue weighted by molar-refractivity contribution is 6.27. The lowest BCUT2D eigenvalue weighted by molar-refractivity contribution is -0.488. The van der Waals surface area contributed by atoms with E-state index in [9.17, 15) is 55.5 Å². The number of phenolic OH excluding ortho intramolecular Hbond substituents is 1. The average Bonchev–Trinajstić information content (AvgIpc) is 2.78. The minimum absolute atomic E-state index is 0.0843. The Morgan fingerprint density at radius 3 is 2.26 bits per heavy atom. The van der Waals surface area contributed by atoms with Crippen LogP contribution in [0.2, 0.25) is 0 Å². The van der Waals surface area contributed by atoms with Gasteiger partial charge in [0.2, 0.25) is 5.79 Å². The van der Waals surface area contributed by atoms with Crippen molar-refractivity contribution < 1.29 is 65.0 Å². The Morgan fingerprint density at radius 2 is 1.65 bits per heavy atom. The summed E-state index contributed by atoms with van der Waals surface area (Å²) in [6, 6.07) is 3.37. The van der Waals surface area contributed by atoms with Crippen LogP contribution in [0.4, 0.5) is 0 Å². The average molecular weight is 482 g/mol. The van der Waals surface area contributed by atoms with Gasteiger partial charge in [0.25, 0.3) is 0 Å². The van der Waals surface area contributed by atoms with Crippen LogP contribution in [0.25, 0.3) is 5.76 Å². The molecule has 1 aromatic rings. The zero-order valence-corrected chi connectivity index (χ0v) is 17.3. The maximum absolute atomic E-state index is 13.1. The largest absolute Gasteiger partial charge is 0.508 e. The third-order valence-electron chi connectivity index (χ3n) is 6.09. The van der Waals surface area contributed by atoms with Crippen molar-refractivity contribution in [1.29, 1.82) is 0 Å². The minimum Gasteiger partial charge on any atom is -0.508 e. The number of allylic oxidation sites excluding steroid dienone is 2. The molecule has 0 bridgehead atoms. The highest BCUT2D eigenvalue weighted by atomic mass is 16.9. The van der Waals surface area contributed by atoms with Gasteiger partial charge in [-0.25, -0.2) is 0 Å². The number of hydrogen-bond acceptors (Lipinski definition) is 13. The second-order valence-corrected chi connectivity index (χ2v) is 8.19. The van der Waals surface area contributed by atoms with Gasteiger partial charge in [-0.1, -0.05) is 0 Å². The Kier molecular flexibility index (Phi) is 5.88. The zero-order valence-electron chi connectivity index (χ0n) is 17.3. The van der Waals surface area contributed by atoms with Crippen LogP contribution in [0.1, 0.15) is 15.9 Å². The van der Waals surface area contributed by atoms with Crippen molar-refractivity contribution in [3.05, 3.63) is 46.5 Å². The summed E-state index contributed by atoms with van der Waals surface area (Å²) in [4.78, 5) is 26.2. The van der Waals surface area contributed by atoms with Crippen molar-refractivity contribution in [2.45, 2.75) is 36.2 Å². The summed E-state index contributed by atoms with van der Waals surface area (Å²) in [5.74, 6) is -11.4. The van der Waals surface area contributed by atoms with E-state index in [2.05, 4.69) is 0 Å². The normalized spacial score (nSPS) is 37.9. The molecule has 1 heterocycles. The van der Waals surface area contributed by atoms with Gasteiger partial charge in [0.1, 0.15) is 35.7 Å². The van der Waals surface area contributed by atoms with Gasteiger partial charge in [0.15, 0.2) is 17.7 Å². The summed E-state index contributed by atoms with van der Waals surface area (Å²) in [7, 11) is 0. The van der Waals surface area contributed by atoms with Gasteiger partial charge in [-0.05, 0) is 24.3 Å². The molecule has 34 heavy (non-hydrogen) atoms. The number of aliphatic hydroxyl groups is 8. The van der Waals surface area contributed by atoms with Crippen LogP contribution in [0.15, 0.2) is 35.4 Å². The zero-order chi connectivity index (χ0) is 25.2. The van der Waals surface area contributed by atoms with Crippen molar-refractivity contribution >= 4 is 17.3 Å². The summed E-state index contributed by atoms with van der Waals surface area (Å²) < 4.78 is 10.0. The van der Waals surface area contributed by atoms with Gasteiger partial charge in [-0.15, -0.1) is 0 Å². The molecule has 0 aromatic heterocycles. The predicted molar refractivity (Wildman–Crippen MR) is 107 cm³/mol. The molecule has 1 aromatic carbocycles. The number of Topliss-reactive ketones (excluding diaryl/α,β-unsaturated/α-hetero) is 2. The van der Waals surface area contributed by atoms with E-state index >= 15 is 0 Å². The molecule has 0 radical (unpaired) electrons. The Labute approximate surface area is 190 Å². The number of ether oxygens (including phenoxy) is 2. The number of benzene rings is 1. The van der Waals surface area contributed by atoms with Crippen LogP contribution in [-0.2, 0) is 14.3 Å². The van der Waals surface area contributed by atoms with Gasteiger partial charge in [0.05, 0.1) is 18.8 Å². The Morgan fingerprint density at radius 1 is 0.971 bits per heavy atom. The second kappa shape index (κ2) is 8.20. The lowest BCUT2D eigenvalue weighted by atomic mass is 9.73. The van der Waals surface area contributed by atoms with E-state index in [1.165, 1.54) is 12.1 Å². The summed E-state index contributed by atoms with van der Waals surface area (Å²) in [5, 5.41) is 91.5. The van der Waals surface area contributed by atoms with E-state index in [1.54, 1.807) is 0 Å². The first-order chi connectivity index (χ1) is 15.9. The quantitative estimate of drug-likeness (QED) is 0.193. The van der Waals surface area contributed by atoms with E-state index in [0.717, 1.165) is 6.07 Å². The fourth-order valence-electron chi connectivity index (χ4n) is 4.26. The Bertz CT molecular complexity index is 1110. The molecule has 7 atom stereocenters. The molecule has 0 spiro atoms. The van der Waals surface area contributed by atoms with Crippen LogP contribution in [0.3, 0.4) is 0 Å². The van der Waals surface area contributed by atoms with Gasteiger partial charge < -0.3 is 50.7 Å². The number of aliphatic hydroxyl groups excluding tert-OH is 6. The van der Waals surface area contributed by atoms with Crippen molar-refractivity contribution in [2.24, 2.45) is 5.92 Å². The van der Waals surface area contributed by atoms with E-state index in [4.69, 9.17) is 9.47 Å². The molecule has 9 N–H and O–H groups in total. The smallest absolute Gasteiger partial charge is 0.313 e. The fraction of sp³-hybridized carbons (Fsp3) is 0.429. The molecule has 1 aliphatic heterocycles.